The van der Waals surface area contributed by atoms with Crippen molar-refractivity contribution >= 4 is 23.1 Å². The SMILES string of the molecule is Cc1ccc(C2=C(Nc3ccc(C(C)(C)C)cc3)C(=O)N(CC(C)C)C2=O)c(C)c1. The summed E-state index contributed by atoms with van der Waals surface area (Å²) in [5, 5.41) is 3.26. The molecule has 2 aromatic carbocycles. The lowest BCUT2D eigenvalue weighted by Gasteiger charge is -2.19. The van der Waals surface area contributed by atoms with Crippen molar-refractivity contribution in [3.05, 3.63) is 70.4 Å². The van der Waals surface area contributed by atoms with Crippen LogP contribution in [0.25, 0.3) is 5.57 Å². The third-order valence-corrected chi connectivity index (χ3v) is 5.39. The first-order valence-electron chi connectivity index (χ1n) is 10.5. The Balaban J connectivity index is 2.06. The lowest BCUT2D eigenvalue weighted by Crippen LogP contribution is -2.35. The molecule has 0 atom stereocenters. The van der Waals surface area contributed by atoms with Crippen molar-refractivity contribution in [1.82, 2.24) is 4.90 Å². The molecule has 1 aliphatic heterocycles. The number of imide groups is 1. The average Bonchev–Trinajstić information content (AvgIpc) is 2.86. The van der Waals surface area contributed by atoms with Crippen LogP contribution >= 0.6 is 0 Å². The summed E-state index contributed by atoms with van der Waals surface area (Å²) in [5.74, 6) is -0.290. The molecule has 1 aliphatic rings. The van der Waals surface area contributed by atoms with E-state index in [1.807, 2.05) is 58.0 Å². The minimum absolute atomic E-state index is 0.0508. The van der Waals surface area contributed by atoms with E-state index in [-0.39, 0.29) is 23.1 Å². The van der Waals surface area contributed by atoms with E-state index in [1.54, 1.807) is 0 Å². The molecule has 158 valence electrons. The van der Waals surface area contributed by atoms with E-state index in [0.29, 0.717) is 17.8 Å². The molecule has 2 aromatic rings. The zero-order chi connectivity index (χ0) is 22.2. The Bertz CT molecular complexity index is 1010. The molecule has 0 saturated heterocycles. The van der Waals surface area contributed by atoms with Crippen LogP contribution in [-0.2, 0) is 15.0 Å². The summed E-state index contributed by atoms with van der Waals surface area (Å²) in [6.45, 7) is 14.9. The maximum atomic E-state index is 13.3. The van der Waals surface area contributed by atoms with E-state index < -0.39 is 0 Å². The molecule has 0 bridgehead atoms. The number of nitrogens with zero attached hydrogens (tertiary/aromatic N) is 1. The van der Waals surface area contributed by atoms with E-state index in [1.165, 1.54) is 10.5 Å². The molecular weight excluding hydrogens is 372 g/mol. The van der Waals surface area contributed by atoms with Gasteiger partial charge in [-0.3, -0.25) is 14.5 Å². The molecule has 4 nitrogen and oxygen atoms in total. The number of aryl methyl sites for hydroxylation is 2. The summed E-state index contributed by atoms with van der Waals surface area (Å²) in [6, 6.07) is 14.0. The van der Waals surface area contributed by atoms with Crippen molar-refractivity contribution in [2.24, 2.45) is 5.92 Å². The van der Waals surface area contributed by atoms with E-state index in [2.05, 4.69) is 38.2 Å². The molecular formula is C26H32N2O2. The Morgan fingerprint density at radius 3 is 2.10 bits per heavy atom. The van der Waals surface area contributed by atoms with Gasteiger partial charge in [-0.2, -0.15) is 0 Å². The van der Waals surface area contributed by atoms with Crippen LogP contribution in [-0.4, -0.2) is 23.3 Å². The summed E-state index contributed by atoms with van der Waals surface area (Å²) in [7, 11) is 0. The molecule has 4 heteroatoms. The monoisotopic (exact) mass is 404 g/mol. The molecule has 0 aromatic heterocycles. The van der Waals surface area contributed by atoms with Crippen molar-refractivity contribution in [1.29, 1.82) is 0 Å². The van der Waals surface area contributed by atoms with Gasteiger partial charge in [0, 0.05) is 12.2 Å². The number of anilines is 1. The van der Waals surface area contributed by atoms with E-state index in [0.717, 1.165) is 22.4 Å². The van der Waals surface area contributed by atoms with Crippen LogP contribution in [0.15, 0.2) is 48.2 Å². The third kappa shape index (κ3) is 4.33. The van der Waals surface area contributed by atoms with Crippen LogP contribution in [0.5, 0.6) is 0 Å². The Morgan fingerprint density at radius 2 is 1.57 bits per heavy atom. The first-order chi connectivity index (χ1) is 14.0. The predicted molar refractivity (Wildman–Crippen MR) is 123 cm³/mol. The van der Waals surface area contributed by atoms with Crippen molar-refractivity contribution in [3.8, 4) is 0 Å². The molecule has 1 heterocycles. The zero-order valence-electron chi connectivity index (χ0n) is 19.1. The molecule has 0 fully saturated rings. The number of rotatable bonds is 5. The number of benzene rings is 2. The Morgan fingerprint density at radius 1 is 0.933 bits per heavy atom. The highest BCUT2D eigenvalue weighted by Gasteiger charge is 2.39. The predicted octanol–water partition coefficient (Wildman–Crippen LogP) is 5.45. The average molecular weight is 405 g/mol. The van der Waals surface area contributed by atoms with Gasteiger partial charge in [-0.05, 0) is 54.0 Å². The first kappa shape index (κ1) is 21.8. The van der Waals surface area contributed by atoms with Gasteiger partial charge in [0.1, 0.15) is 5.70 Å². The van der Waals surface area contributed by atoms with Gasteiger partial charge in [0.2, 0.25) is 0 Å². The topological polar surface area (TPSA) is 49.4 Å². The second-order valence-corrected chi connectivity index (χ2v) is 9.64. The highest BCUT2D eigenvalue weighted by molar-refractivity contribution is 6.36. The number of carbonyl (C=O) groups excluding carboxylic acids is 2. The van der Waals surface area contributed by atoms with Gasteiger partial charge in [0.25, 0.3) is 11.8 Å². The fourth-order valence-corrected chi connectivity index (χ4v) is 3.76. The van der Waals surface area contributed by atoms with E-state index in [4.69, 9.17) is 0 Å². The van der Waals surface area contributed by atoms with Gasteiger partial charge in [-0.1, -0.05) is 70.5 Å². The van der Waals surface area contributed by atoms with Crippen LogP contribution in [0.4, 0.5) is 5.69 Å². The lowest BCUT2D eigenvalue weighted by molar-refractivity contribution is -0.137. The van der Waals surface area contributed by atoms with Crippen LogP contribution in [0, 0.1) is 19.8 Å². The van der Waals surface area contributed by atoms with Crippen LogP contribution in [0.2, 0.25) is 0 Å². The molecule has 0 unspecified atom stereocenters. The molecule has 2 amide bonds. The Hall–Kier alpha value is -2.88. The number of nitrogens with one attached hydrogen (secondary N) is 1. The van der Waals surface area contributed by atoms with Crippen LogP contribution in [0.3, 0.4) is 0 Å². The van der Waals surface area contributed by atoms with Crippen LogP contribution in [0.1, 0.15) is 56.9 Å². The lowest BCUT2D eigenvalue weighted by atomic mass is 9.87. The standard InChI is InChI=1S/C26H32N2O2/c1-16(2)15-28-24(29)22(21-13-8-17(3)14-18(21)4)23(25(28)30)27-20-11-9-19(10-12-20)26(5,6)7/h8-14,16,27H,15H2,1-7H3. The van der Waals surface area contributed by atoms with Crippen LogP contribution < -0.4 is 5.32 Å². The van der Waals surface area contributed by atoms with Gasteiger partial charge < -0.3 is 5.32 Å². The Kier molecular flexibility index (Phi) is 5.89. The molecule has 0 saturated carbocycles. The van der Waals surface area contributed by atoms with Crippen molar-refractivity contribution in [2.75, 3.05) is 11.9 Å². The number of amides is 2. The third-order valence-electron chi connectivity index (χ3n) is 5.39. The number of hydrogen-bond donors (Lipinski definition) is 1. The molecule has 0 radical (unpaired) electrons. The highest BCUT2D eigenvalue weighted by atomic mass is 16.2. The van der Waals surface area contributed by atoms with Crippen molar-refractivity contribution in [2.45, 2.75) is 53.9 Å². The van der Waals surface area contributed by atoms with Gasteiger partial charge >= 0.3 is 0 Å². The van der Waals surface area contributed by atoms with Gasteiger partial charge in [-0.15, -0.1) is 0 Å². The fraction of sp³-hybridized carbons (Fsp3) is 0.385. The maximum Gasteiger partial charge on any atom is 0.278 e. The second-order valence-electron chi connectivity index (χ2n) is 9.64. The molecule has 0 aliphatic carbocycles. The molecule has 3 rings (SSSR count). The normalized spacial score (nSPS) is 14.9. The van der Waals surface area contributed by atoms with Crippen molar-refractivity contribution < 1.29 is 9.59 Å². The van der Waals surface area contributed by atoms with Crippen molar-refractivity contribution in [3.63, 3.8) is 0 Å². The van der Waals surface area contributed by atoms with E-state index in [9.17, 15) is 9.59 Å². The highest BCUT2D eigenvalue weighted by Crippen LogP contribution is 2.33. The summed E-state index contributed by atoms with van der Waals surface area (Å²) < 4.78 is 0. The fourth-order valence-electron chi connectivity index (χ4n) is 3.76. The smallest absolute Gasteiger partial charge is 0.278 e. The van der Waals surface area contributed by atoms with Gasteiger partial charge in [-0.25, -0.2) is 0 Å². The molecule has 1 N–H and O–H groups in total. The summed E-state index contributed by atoms with van der Waals surface area (Å²) in [5.41, 5.74) is 5.79. The van der Waals surface area contributed by atoms with Gasteiger partial charge in [0.15, 0.2) is 0 Å². The zero-order valence-corrected chi connectivity index (χ0v) is 19.1. The Labute approximate surface area is 180 Å². The largest absolute Gasteiger partial charge is 0.350 e. The summed E-state index contributed by atoms with van der Waals surface area (Å²) in [6.07, 6.45) is 0. The second kappa shape index (κ2) is 8.10. The quantitative estimate of drug-likeness (QED) is 0.674. The summed E-state index contributed by atoms with van der Waals surface area (Å²) in [4.78, 5) is 27.9. The summed E-state index contributed by atoms with van der Waals surface area (Å²) >= 11 is 0. The number of hydrogen-bond acceptors (Lipinski definition) is 3. The molecule has 30 heavy (non-hydrogen) atoms. The van der Waals surface area contributed by atoms with Gasteiger partial charge in [0.05, 0.1) is 5.57 Å². The van der Waals surface area contributed by atoms with E-state index >= 15 is 0 Å². The first-order valence-corrected chi connectivity index (χ1v) is 10.5. The minimum Gasteiger partial charge on any atom is -0.350 e. The maximum absolute atomic E-state index is 13.3. The number of carbonyl (C=O) groups is 2. The minimum atomic E-state index is -0.261. The molecule has 0 spiro atoms.